The molecule has 4 rings (SSSR count). The summed E-state index contributed by atoms with van der Waals surface area (Å²) in [5.41, 5.74) is -3.20. The van der Waals surface area contributed by atoms with Crippen molar-refractivity contribution in [2.24, 2.45) is 0 Å². The second-order valence-corrected chi connectivity index (χ2v) is 6.78. The van der Waals surface area contributed by atoms with Gasteiger partial charge in [-0.2, -0.15) is 13.2 Å². The van der Waals surface area contributed by atoms with Crippen LogP contribution in [0, 0.1) is 5.82 Å². The Kier molecular flexibility index (Phi) is 4.60. The van der Waals surface area contributed by atoms with Crippen molar-refractivity contribution in [1.29, 1.82) is 0 Å². The van der Waals surface area contributed by atoms with E-state index in [1.54, 1.807) is 6.07 Å². The maximum absolute atomic E-state index is 14.4. The smallest absolute Gasteiger partial charge is 0.341 e. The highest BCUT2D eigenvalue weighted by molar-refractivity contribution is 5.93. The first-order valence-electron chi connectivity index (χ1n) is 8.76. The number of rotatable bonds is 4. The van der Waals surface area contributed by atoms with Crippen molar-refractivity contribution in [1.82, 2.24) is 25.3 Å². The second kappa shape index (κ2) is 7.01. The van der Waals surface area contributed by atoms with Crippen LogP contribution in [0.2, 0.25) is 0 Å². The van der Waals surface area contributed by atoms with Gasteiger partial charge in [0.2, 0.25) is 0 Å². The van der Waals surface area contributed by atoms with Gasteiger partial charge in [-0.15, -0.1) is 0 Å². The van der Waals surface area contributed by atoms with Crippen molar-refractivity contribution < 1.29 is 22.4 Å². The van der Waals surface area contributed by atoms with Gasteiger partial charge in [-0.05, 0) is 31.0 Å². The zero-order valence-corrected chi connectivity index (χ0v) is 15.1. The molecule has 1 aliphatic carbocycles. The van der Waals surface area contributed by atoms with E-state index in [4.69, 9.17) is 0 Å². The number of aromatic amines is 1. The first kappa shape index (κ1) is 19.7. The van der Waals surface area contributed by atoms with Gasteiger partial charge in [0.1, 0.15) is 11.5 Å². The number of carbonyl (C=O) groups is 1. The topological polar surface area (TPSA) is 101 Å². The molecule has 154 valence electrons. The normalized spacial score (nSPS) is 14.9. The Labute approximate surface area is 166 Å². The molecule has 1 fully saturated rings. The average Bonchev–Trinajstić information content (AvgIpc) is 3.47. The highest BCUT2D eigenvalue weighted by Gasteiger charge is 2.48. The maximum Gasteiger partial charge on any atom is 0.416 e. The van der Waals surface area contributed by atoms with Gasteiger partial charge >= 0.3 is 6.18 Å². The van der Waals surface area contributed by atoms with Gasteiger partial charge in [-0.1, -0.05) is 6.07 Å². The number of amides is 1. The third-order valence-electron chi connectivity index (χ3n) is 4.67. The standard InChI is InChI=1S/C19H13F4N5O2/c20-12-8-10(19(21,22)23)2-3-11(12)18(4-5-18)28-17(30)13-9-14(29)27-16(26-13)15-24-6-1-7-25-15/h1-3,6-9H,4-5H2,(H,28,30)(H,26,27,29). The van der Waals surface area contributed by atoms with E-state index in [0.29, 0.717) is 18.9 Å². The van der Waals surface area contributed by atoms with Crippen LogP contribution in [0.15, 0.2) is 47.5 Å². The minimum atomic E-state index is -4.68. The van der Waals surface area contributed by atoms with E-state index in [-0.39, 0.29) is 22.9 Å². The average molecular weight is 419 g/mol. The second-order valence-electron chi connectivity index (χ2n) is 6.78. The Morgan fingerprint density at radius 3 is 2.43 bits per heavy atom. The van der Waals surface area contributed by atoms with Crippen molar-refractivity contribution in [3.63, 3.8) is 0 Å². The van der Waals surface area contributed by atoms with E-state index in [1.807, 2.05) is 0 Å². The molecular formula is C19H13F4N5O2. The predicted molar refractivity (Wildman–Crippen MR) is 95.7 cm³/mol. The highest BCUT2D eigenvalue weighted by atomic mass is 19.4. The fourth-order valence-electron chi connectivity index (χ4n) is 3.05. The fraction of sp³-hybridized carbons (Fsp3) is 0.211. The molecule has 0 unspecified atom stereocenters. The van der Waals surface area contributed by atoms with E-state index in [0.717, 1.165) is 18.2 Å². The summed E-state index contributed by atoms with van der Waals surface area (Å²) in [4.78, 5) is 39.0. The van der Waals surface area contributed by atoms with Gasteiger partial charge in [-0.25, -0.2) is 19.3 Å². The van der Waals surface area contributed by atoms with Crippen molar-refractivity contribution >= 4 is 5.91 Å². The van der Waals surface area contributed by atoms with Crippen LogP contribution in [0.4, 0.5) is 17.6 Å². The first-order valence-corrected chi connectivity index (χ1v) is 8.76. The highest BCUT2D eigenvalue weighted by Crippen LogP contribution is 2.47. The third-order valence-corrected chi connectivity index (χ3v) is 4.67. The summed E-state index contributed by atoms with van der Waals surface area (Å²) in [5, 5.41) is 2.59. The summed E-state index contributed by atoms with van der Waals surface area (Å²) >= 11 is 0. The molecule has 0 atom stereocenters. The zero-order chi connectivity index (χ0) is 21.5. The van der Waals surface area contributed by atoms with Gasteiger partial charge in [0, 0.05) is 24.0 Å². The quantitative estimate of drug-likeness (QED) is 0.634. The molecule has 11 heteroatoms. The van der Waals surface area contributed by atoms with Gasteiger partial charge in [-0.3, -0.25) is 9.59 Å². The van der Waals surface area contributed by atoms with Crippen LogP contribution in [0.5, 0.6) is 0 Å². The van der Waals surface area contributed by atoms with Crippen molar-refractivity contribution in [2.45, 2.75) is 24.6 Å². The van der Waals surface area contributed by atoms with Crippen LogP contribution in [-0.2, 0) is 11.7 Å². The zero-order valence-electron chi connectivity index (χ0n) is 15.1. The van der Waals surface area contributed by atoms with Crippen LogP contribution < -0.4 is 10.9 Å². The predicted octanol–water partition coefficient (Wildman–Crippen LogP) is 2.80. The molecule has 2 aromatic heterocycles. The van der Waals surface area contributed by atoms with Gasteiger partial charge in [0.15, 0.2) is 11.6 Å². The Hall–Kier alpha value is -3.63. The Morgan fingerprint density at radius 2 is 1.83 bits per heavy atom. The molecule has 0 saturated heterocycles. The van der Waals surface area contributed by atoms with Crippen molar-refractivity contribution in [3.05, 3.63) is 75.7 Å². The number of halogens is 4. The van der Waals surface area contributed by atoms with Crippen LogP contribution in [0.25, 0.3) is 11.6 Å². The lowest BCUT2D eigenvalue weighted by Crippen LogP contribution is -2.36. The number of alkyl halides is 3. The molecule has 1 amide bonds. The monoisotopic (exact) mass is 419 g/mol. The van der Waals surface area contributed by atoms with E-state index < -0.39 is 34.6 Å². The number of H-pyrrole nitrogens is 1. The molecule has 2 heterocycles. The summed E-state index contributed by atoms with van der Waals surface area (Å²) in [6, 6.07) is 4.70. The van der Waals surface area contributed by atoms with E-state index in [2.05, 4.69) is 25.3 Å². The number of aromatic nitrogens is 4. The van der Waals surface area contributed by atoms with Crippen LogP contribution in [-0.4, -0.2) is 25.8 Å². The van der Waals surface area contributed by atoms with Gasteiger partial charge in [0.05, 0.1) is 11.1 Å². The largest absolute Gasteiger partial charge is 0.416 e. The molecule has 7 nitrogen and oxygen atoms in total. The lowest BCUT2D eigenvalue weighted by atomic mass is 10.0. The molecule has 30 heavy (non-hydrogen) atoms. The van der Waals surface area contributed by atoms with Crippen LogP contribution in [0.3, 0.4) is 0 Å². The summed E-state index contributed by atoms with van der Waals surface area (Å²) < 4.78 is 52.7. The number of hydrogen-bond acceptors (Lipinski definition) is 5. The molecule has 0 bridgehead atoms. The third kappa shape index (κ3) is 3.78. The molecule has 1 aromatic carbocycles. The summed E-state index contributed by atoms with van der Waals surface area (Å²) in [7, 11) is 0. The summed E-state index contributed by atoms with van der Waals surface area (Å²) in [6.45, 7) is 0. The number of carbonyl (C=O) groups excluding carboxylic acids is 1. The van der Waals surface area contributed by atoms with Gasteiger partial charge < -0.3 is 10.3 Å². The Bertz CT molecular complexity index is 1170. The summed E-state index contributed by atoms with van der Waals surface area (Å²) in [5.74, 6) is -1.77. The minimum Gasteiger partial charge on any atom is -0.341 e. The first-order chi connectivity index (χ1) is 14.2. The summed E-state index contributed by atoms with van der Waals surface area (Å²) in [6.07, 6.45) is -1.15. The molecule has 2 N–H and O–H groups in total. The minimum absolute atomic E-state index is 0.0289. The fourth-order valence-corrected chi connectivity index (χ4v) is 3.05. The number of hydrogen-bond donors (Lipinski definition) is 2. The molecule has 0 aliphatic heterocycles. The Morgan fingerprint density at radius 1 is 1.13 bits per heavy atom. The Balaban J connectivity index is 1.62. The van der Waals surface area contributed by atoms with Crippen LogP contribution in [0.1, 0.15) is 34.5 Å². The van der Waals surface area contributed by atoms with Crippen LogP contribution >= 0.6 is 0 Å². The molecular weight excluding hydrogens is 406 g/mol. The lowest BCUT2D eigenvalue weighted by molar-refractivity contribution is -0.137. The lowest BCUT2D eigenvalue weighted by Gasteiger charge is -2.19. The molecule has 0 spiro atoms. The number of nitrogens with zero attached hydrogens (tertiary/aromatic N) is 3. The maximum atomic E-state index is 14.4. The number of nitrogens with one attached hydrogen (secondary N) is 2. The van der Waals surface area contributed by atoms with Crippen molar-refractivity contribution in [3.8, 4) is 11.6 Å². The van der Waals surface area contributed by atoms with Crippen molar-refractivity contribution in [2.75, 3.05) is 0 Å². The molecule has 0 radical (unpaired) electrons. The van der Waals surface area contributed by atoms with E-state index in [9.17, 15) is 27.2 Å². The van der Waals surface area contributed by atoms with E-state index >= 15 is 0 Å². The molecule has 3 aromatic rings. The SMILES string of the molecule is O=C(NC1(c2ccc(C(F)(F)F)cc2F)CC1)c1cc(=O)[nH]c(-c2ncccn2)n1. The molecule has 1 aliphatic rings. The van der Waals surface area contributed by atoms with E-state index in [1.165, 1.54) is 12.4 Å². The van der Waals surface area contributed by atoms with Gasteiger partial charge in [0.25, 0.3) is 11.5 Å². The number of benzene rings is 1. The molecule has 1 saturated carbocycles.